The van der Waals surface area contributed by atoms with Crippen molar-refractivity contribution in [2.75, 3.05) is 0 Å². The molecule has 2 nitrogen and oxygen atoms in total. The summed E-state index contributed by atoms with van der Waals surface area (Å²) in [6.45, 7) is 1.79. The van der Waals surface area contributed by atoms with Crippen molar-refractivity contribution in [3.8, 4) is 5.75 Å². The van der Waals surface area contributed by atoms with Crippen molar-refractivity contribution >= 4 is 10.9 Å². The number of aromatic amines is 1. The zero-order valence-electron chi connectivity index (χ0n) is 6.56. The van der Waals surface area contributed by atoms with Gasteiger partial charge in [-0.2, -0.15) is 0 Å². The summed E-state index contributed by atoms with van der Waals surface area (Å²) in [6, 6.07) is 2.99. The van der Waals surface area contributed by atoms with Crippen LogP contribution in [0, 0.1) is 12.7 Å². The number of aromatic hydroxyl groups is 1. The molecule has 0 unspecified atom stereocenters. The molecule has 1 heterocycles. The number of hydrogen-bond donors (Lipinski definition) is 2. The topological polar surface area (TPSA) is 36.0 Å². The summed E-state index contributed by atoms with van der Waals surface area (Å²) in [5, 5.41) is 9.54. The third kappa shape index (κ3) is 0.794. The van der Waals surface area contributed by atoms with Gasteiger partial charge in [-0.25, -0.2) is 4.39 Å². The van der Waals surface area contributed by atoms with Gasteiger partial charge in [-0.3, -0.25) is 0 Å². The highest BCUT2D eigenvalue weighted by Gasteiger charge is 2.08. The van der Waals surface area contributed by atoms with Crippen LogP contribution >= 0.6 is 0 Å². The van der Waals surface area contributed by atoms with E-state index in [9.17, 15) is 4.39 Å². The van der Waals surface area contributed by atoms with Crippen LogP contribution in [0.15, 0.2) is 18.3 Å². The lowest BCUT2D eigenvalue weighted by Crippen LogP contribution is -1.78. The molecule has 1 aromatic carbocycles. The maximum atomic E-state index is 13.2. The van der Waals surface area contributed by atoms with Gasteiger partial charge < -0.3 is 10.1 Å². The van der Waals surface area contributed by atoms with Gasteiger partial charge in [0.25, 0.3) is 0 Å². The Kier molecular flexibility index (Phi) is 1.33. The van der Waals surface area contributed by atoms with E-state index in [0.717, 1.165) is 5.56 Å². The molecule has 0 fully saturated rings. The molecule has 0 saturated carbocycles. The molecule has 2 N–H and O–H groups in total. The van der Waals surface area contributed by atoms with Crippen molar-refractivity contribution in [3.63, 3.8) is 0 Å². The number of H-pyrrole nitrogens is 1. The number of aryl methyl sites for hydroxylation is 1. The molecule has 0 spiro atoms. The minimum Gasteiger partial charge on any atom is -0.505 e. The van der Waals surface area contributed by atoms with E-state index in [1.807, 2.05) is 0 Å². The van der Waals surface area contributed by atoms with Crippen molar-refractivity contribution < 1.29 is 9.50 Å². The van der Waals surface area contributed by atoms with E-state index in [4.69, 9.17) is 5.11 Å². The number of aromatic nitrogens is 1. The number of halogens is 1. The number of benzene rings is 1. The minimum absolute atomic E-state index is 0.301. The highest BCUT2D eigenvalue weighted by Crippen LogP contribution is 2.26. The summed E-state index contributed by atoms with van der Waals surface area (Å²) in [5.74, 6) is -0.851. The van der Waals surface area contributed by atoms with Gasteiger partial charge in [0.1, 0.15) is 0 Å². The number of phenolic OH excluding ortho intramolecular Hbond substituents is 1. The predicted molar refractivity (Wildman–Crippen MR) is 44.7 cm³/mol. The Bertz CT molecular complexity index is 433. The number of fused-ring (bicyclic) bond motifs is 1. The number of phenols is 1. The summed E-state index contributed by atoms with van der Waals surface area (Å²) in [5.41, 5.74) is 1.52. The molecule has 3 heteroatoms. The van der Waals surface area contributed by atoms with Crippen LogP contribution in [0.4, 0.5) is 4.39 Å². The molecule has 1 aromatic heterocycles. The van der Waals surface area contributed by atoms with Gasteiger partial charge in [0, 0.05) is 17.1 Å². The van der Waals surface area contributed by atoms with E-state index in [-0.39, 0.29) is 5.75 Å². The lowest BCUT2D eigenvalue weighted by molar-refractivity contribution is 0.436. The molecule has 0 saturated heterocycles. The lowest BCUT2D eigenvalue weighted by atomic mass is 10.2. The van der Waals surface area contributed by atoms with E-state index in [2.05, 4.69) is 4.98 Å². The van der Waals surface area contributed by atoms with Crippen LogP contribution < -0.4 is 0 Å². The maximum Gasteiger partial charge on any atom is 0.174 e. The Labute approximate surface area is 68.6 Å². The zero-order chi connectivity index (χ0) is 8.72. The molecule has 0 bridgehead atoms. The molecule has 0 aliphatic rings. The molecule has 0 aliphatic heterocycles. The van der Waals surface area contributed by atoms with Crippen LogP contribution in [0.25, 0.3) is 10.9 Å². The Hall–Kier alpha value is -1.51. The molecule has 0 aliphatic carbocycles. The summed E-state index contributed by atoms with van der Waals surface area (Å²) < 4.78 is 13.2. The molecular weight excluding hydrogens is 157 g/mol. The predicted octanol–water partition coefficient (Wildman–Crippen LogP) is 2.32. The van der Waals surface area contributed by atoms with Gasteiger partial charge >= 0.3 is 0 Å². The van der Waals surface area contributed by atoms with Crippen molar-refractivity contribution in [1.29, 1.82) is 0 Å². The Morgan fingerprint density at radius 2 is 2.17 bits per heavy atom. The highest BCUT2D eigenvalue weighted by molar-refractivity contribution is 5.85. The van der Waals surface area contributed by atoms with Crippen LogP contribution in [-0.2, 0) is 0 Å². The van der Waals surface area contributed by atoms with Crippen molar-refractivity contribution in [2.45, 2.75) is 6.92 Å². The Morgan fingerprint density at radius 1 is 1.42 bits per heavy atom. The molecule has 12 heavy (non-hydrogen) atoms. The fourth-order valence-corrected chi connectivity index (χ4v) is 1.33. The van der Waals surface area contributed by atoms with Crippen molar-refractivity contribution in [2.24, 2.45) is 0 Å². The molecule has 0 radical (unpaired) electrons. The smallest absolute Gasteiger partial charge is 0.174 e. The van der Waals surface area contributed by atoms with Crippen LogP contribution in [0.5, 0.6) is 5.75 Å². The van der Waals surface area contributed by atoms with Gasteiger partial charge in [-0.15, -0.1) is 0 Å². The lowest BCUT2D eigenvalue weighted by Gasteiger charge is -1.96. The van der Waals surface area contributed by atoms with Gasteiger partial charge in [-0.1, -0.05) is 0 Å². The number of hydrogen-bond acceptors (Lipinski definition) is 1. The fraction of sp³-hybridized carbons (Fsp3) is 0.111. The number of rotatable bonds is 0. The average molecular weight is 165 g/mol. The zero-order valence-corrected chi connectivity index (χ0v) is 6.56. The highest BCUT2D eigenvalue weighted by atomic mass is 19.1. The van der Waals surface area contributed by atoms with E-state index in [1.165, 1.54) is 6.07 Å². The van der Waals surface area contributed by atoms with Crippen molar-refractivity contribution in [1.82, 2.24) is 4.98 Å². The Morgan fingerprint density at radius 3 is 2.92 bits per heavy atom. The fourth-order valence-electron chi connectivity index (χ4n) is 1.33. The van der Waals surface area contributed by atoms with Crippen LogP contribution in [0.1, 0.15) is 5.56 Å². The SMILES string of the molecule is Cc1c[nH]c2ccc(O)c(F)c12. The second kappa shape index (κ2) is 2.24. The van der Waals surface area contributed by atoms with Gasteiger partial charge in [0.2, 0.25) is 0 Å². The first-order valence-electron chi connectivity index (χ1n) is 3.65. The molecule has 2 aromatic rings. The molecule has 2 rings (SSSR count). The van der Waals surface area contributed by atoms with Gasteiger partial charge in [0.05, 0.1) is 0 Å². The average Bonchev–Trinajstić information content (AvgIpc) is 2.41. The van der Waals surface area contributed by atoms with E-state index in [1.54, 1.807) is 19.2 Å². The maximum absolute atomic E-state index is 13.2. The van der Waals surface area contributed by atoms with E-state index in [0.29, 0.717) is 10.9 Å². The second-order valence-electron chi connectivity index (χ2n) is 2.79. The monoisotopic (exact) mass is 165 g/mol. The first-order chi connectivity index (χ1) is 5.70. The normalized spacial score (nSPS) is 10.8. The quantitative estimate of drug-likeness (QED) is 0.617. The third-order valence-corrected chi connectivity index (χ3v) is 1.96. The summed E-state index contributed by atoms with van der Waals surface area (Å²) in [6.07, 6.45) is 1.72. The Balaban J connectivity index is 2.96. The molecule has 0 amide bonds. The molecular formula is C9H8FNO. The van der Waals surface area contributed by atoms with Crippen LogP contribution in [0.3, 0.4) is 0 Å². The summed E-state index contributed by atoms with van der Waals surface area (Å²) >= 11 is 0. The third-order valence-electron chi connectivity index (χ3n) is 1.96. The second-order valence-corrected chi connectivity index (χ2v) is 2.79. The van der Waals surface area contributed by atoms with E-state index < -0.39 is 5.82 Å². The van der Waals surface area contributed by atoms with Crippen LogP contribution in [0.2, 0.25) is 0 Å². The van der Waals surface area contributed by atoms with Crippen molar-refractivity contribution in [3.05, 3.63) is 29.7 Å². The standard InChI is InChI=1S/C9H8FNO/c1-5-4-11-6-2-3-7(12)9(10)8(5)6/h2-4,11-12H,1H3. The first kappa shape index (κ1) is 7.16. The summed E-state index contributed by atoms with van der Waals surface area (Å²) in [7, 11) is 0. The molecule has 62 valence electrons. The summed E-state index contributed by atoms with van der Waals surface area (Å²) in [4.78, 5) is 2.90. The number of nitrogens with one attached hydrogen (secondary N) is 1. The van der Waals surface area contributed by atoms with Gasteiger partial charge in [0.15, 0.2) is 11.6 Å². The first-order valence-corrected chi connectivity index (χ1v) is 3.65. The van der Waals surface area contributed by atoms with Crippen LogP contribution in [-0.4, -0.2) is 10.1 Å². The largest absolute Gasteiger partial charge is 0.505 e. The van der Waals surface area contributed by atoms with Gasteiger partial charge in [-0.05, 0) is 24.6 Å². The van der Waals surface area contributed by atoms with E-state index >= 15 is 0 Å². The molecule has 0 atom stereocenters. The minimum atomic E-state index is -0.550.